The molecular formula is C31H7F17N4. The van der Waals surface area contributed by atoms with Crippen molar-refractivity contribution in [3.05, 3.63) is 109 Å². The summed E-state index contributed by atoms with van der Waals surface area (Å²) in [5.41, 5.74) is -17.7. The van der Waals surface area contributed by atoms with Crippen molar-refractivity contribution in [1.29, 1.82) is 21.0 Å². The molecule has 4 unspecified atom stereocenters. The molecule has 0 aliphatic heterocycles. The van der Waals surface area contributed by atoms with Gasteiger partial charge in [-0.1, -0.05) is 6.07 Å². The Labute approximate surface area is 277 Å². The van der Waals surface area contributed by atoms with Gasteiger partial charge in [-0.25, -0.2) is 35.1 Å². The fourth-order valence-corrected chi connectivity index (χ4v) is 5.72. The van der Waals surface area contributed by atoms with Crippen LogP contribution in [0.4, 0.5) is 74.6 Å². The monoisotopic (exact) mass is 758 g/mol. The van der Waals surface area contributed by atoms with Gasteiger partial charge < -0.3 is 0 Å². The molecule has 1 saturated carbocycles. The summed E-state index contributed by atoms with van der Waals surface area (Å²) >= 11 is 0. The molecule has 0 bridgehead atoms. The molecule has 0 saturated heterocycles. The van der Waals surface area contributed by atoms with Gasteiger partial charge in [0, 0.05) is 17.4 Å². The van der Waals surface area contributed by atoms with Crippen molar-refractivity contribution in [2.45, 2.75) is 30.4 Å². The van der Waals surface area contributed by atoms with Gasteiger partial charge in [-0.3, -0.25) is 0 Å². The van der Waals surface area contributed by atoms with Gasteiger partial charge in [0.2, 0.25) is 0 Å². The zero-order valence-corrected chi connectivity index (χ0v) is 24.3. The first-order valence-corrected chi connectivity index (χ1v) is 13.3. The fourth-order valence-electron chi connectivity index (χ4n) is 5.72. The van der Waals surface area contributed by atoms with Crippen LogP contribution < -0.4 is 0 Å². The first kappa shape index (κ1) is 39.0. The molecule has 1 aliphatic carbocycles. The molecule has 52 heavy (non-hydrogen) atoms. The summed E-state index contributed by atoms with van der Waals surface area (Å²) < 4.78 is 239. The van der Waals surface area contributed by atoms with Crippen LogP contribution >= 0.6 is 0 Å². The Morgan fingerprint density at radius 3 is 1.35 bits per heavy atom. The molecule has 270 valence electrons. The minimum absolute atomic E-state index is 0.101. The van der Waals surface area contributed by atoms with E-state index in [1.807, 2.05) is 0 Å². The van der Waals surface area contributed by atoms with E-state index < -0.39 is 139 Å². The summed E-state index contributed by atoms with van der Waals surface area (Å²) in [6.45, 7) is 0. The number of hydrogen-bond donors (Lipinski definition) is 0. The number of benzene rings is 3. The van der Waals surface area contributed by atoms with E-state index in [4.69, 9.17) is 5.26 Å². The van der Waals surface area contributed by atoms with Crippen LogP contribution in [0.15, 0.2) is 23.8 Å². The Kier molecular flexibility index (Phi) is 9.78. The van der Waals surface area contributed by atoms with Gasteiger partial charge in [-0.05, 0) is 23.3 Å². The van der Waals surface area contributed by atoms with E-state index in [1.165, 1.54) is 6.07 Å². The molecule has 0 radical (unpaired) electrons. The van der Waals surface area contributed by atoms with Crippen LogP contribution in [0.1, 0.15) is 50.8 Å². The second-order valence-electron chi connectivity index (χ2n) is 10.7. The highest BCUT2D eigenvalue weighted by molar-refractivity contribution is 5.84. The maximum Gasteiger partial charge on any atom is 0.422 e. The summed E-state index contributed by atoms with van der Waals surface area (Å²) in [6, 6.07) is 5.49. The maximum atomic E-state index is 15.1. The molecule has 0 aromatic heterocycles. The molecule has 4 atom stereocenters. The zero-order chi connectivity index (χ0) is 39.6. The van der Waals surface area contributed by atoms with Crippen LogP contribution in [-0.4, -0.2) is 0 Å². The van der Waals surface area contributed by atoms with Gasteiger partial charge in [-0.15, -0.1) is 0 Å². The topological polar surface area (TPSA) is 95.2 Å². The number of alkyl halides is 9. The average Bonchev–Trinajstić information content (AvgIpc) is 3.75. The van der Waals surface area contributed by atoms with Crippen molar-refractivity contribution in [3.63, 3.8) is 0 Å². The number of rotatable bonds is 5. The average molecular weight is 758 g/mol. The second kappa shape index (κ2) is 13.1. The van der Waals surface area contributed by atoms with Crippen molar-refractivity contribution < 1.29 is 74.6 Å². The number of nitriles is 4. The van der Waals surface area contributed by atoms with Gasteiger partial charge in [0.1, 0.15) is 11.1 Å². The molecule has 0 heterocycles. The number of hydrogen-bond acceptors (Lipinski definition) is 4. The van der Waals surface area contributed by atoms with Crippen molar-refractivity contribution in [2.24, 2.45) is 11.8 Å². The standard InChI is InChI=1S/C31H7F17N4/c32-21-17(22(33)26(37)19(25(21)36)30(43,44)45)11(6-51)15-14(10(5-50)8-1-2-9(4-49)13(3-8)29(40,41)42)16(15)12(7-52)18-23(34)27(38)20(31(46,47)48)28(39)24(18)35/h1-3,10-11,14-15H/b16-12-. The SMILES string of the molecule is N#C/C(=C1\C(C(C#N)c2ccc(C#N)c(C(F)(F)F)c2)C1C(C#N)c1c(F)c(F)c(C(F)(F)F)c(F)c1F)c1c(F)c(F)c(C(F)(F)F)c(F)c1F. The van der Waals surface area contributed by atoms with E-state index in [1.54, 1.807) is 0 Å². The van der Waals surface area contributed by atoms with Crippen LogP contribution in [0, 0.1) is 104 Å². The molecule has 4 rings (SSSR count). The van der Waals surface area contributed by atoms with Crippen LogP contribution in [-0.2, 0) is 18.5 Å². The van der Waals surface area contributed by atoms with Crippen molar-refractivity contribution in [2.75, 3.05) is 0 Å². The fraction of sp³-hybridized carbons (Fsp3) is 0.226. The molecule has 3 aromatic carbocycles. The van der Waals surface area contributed by atoms with E-state index in [0.29, 0.717) is 12.1 Å². The summed E-state index contributed by atoms with van der Waals surface area (Å²) in [5, 5.41) is 38.7. The Balaban J connectivity index is 2.14. The maximum absolute atomic E-state index is 15.1. The third kappa shape index (κ3) is 6.21. The van der Waals surface area contributed by atoms with E-state index in [2.05, 4.69) is 0 Å². The predicted octanol–water partition coefficient (Wildman–Crippen LogP) is 9.87. The number of nitrogens with zero attached hydrogens (tertiary/aromatic N) is 4. The molecule has 3 aromatic rings. The summed E-state index contributed by atoms with van der Waals surface area (Å²) in [4.78, 5) is 0. The third-order valence-electron chi connectivity index (χ3n) is 7.91. The first-order chi connectivity index (χ1) is 23.9. The van der Waals surface area contributed by atoms with Crippen LogP contribution in [0.25, 0.3) is 5.57 Å². The van der Waals surface area contributed by atoms with Gasteiger partial charge in [0.05, 0.1) is 58.4 Å². The lowest BCUT2D eigenvalue weighted by molar-refractivity contribution is -0.144. The predicted molar refractivity (Wildman–Crippen MR) is 135 cm³/mol. The lowest BCUT2D eigenvalue weighted by Crippen LogP contribution is -2.19. The zero-order valence-electron chi connectivity index (χ0n) is 24.3. The first-order valence-electron chi connectivity index (χ1n) is 13.3. The van der Waals surface area contributed by atoms with Gasteiger partial charge >= 0.3 is 18.5 Å². The van der Waals surface area contributed by atoms with Gasteiger partial charge in [-0.2, -0.15) is 60.6 Å². The Hall–Kier alpha value is -5.83. The minimum atomic E-state index is -6.13. The van der Waals surface area contributed by atoms with Crippen LogP contribution in [0.2, 0.25) is 0 Å². The smallest absolute Gasteiger partial charge is 0.203 e. The Bertz CT molecular complexity index is 2160. The Morgan fingerprint density at radius 2 is 0.981 bits per heavy atom. The minimum Gasteiger partial charge on any atom is -0.203 e. The second-order valence-corrected chi connectivity index (χ2v) is 10.7. The Morgan fingerprint density at radius 1 is 0.558 bits per heavy atom. The summed E-state index contributed by atoms with van der Waals surface area (Å²) in [7, 11) is 0. The molecule has 0 spiro atoms. The lowest BCUT2D eigenvalue weighted by atomic mass is 9.86. The summed E-state index contributed by atoms with van der Waals surface area (Å²) in [6.07, 6.45) is -17.6. The molecule has 1 fully saturated rings. The van der Waals surface area contributed by atoms with Crippen LogP contribution in [0.5, 0.6) is 0 Å². The normalized spacial score (nSPS) is 18.1. The van der Waals surface area contributed by atoms with Crippen molar-refractivity contribution >= 4 is 5.57 Å². The highest BCUT2D eigenvalue weighted by Gasteiger charge is 2.59. The van der Waals surface area contributed by atoms with Gasteiger partial charge in [0.15, 0.2) is 46.5 Å². The number of allylic oxidation sites excluding steroid dienone is 2. The van der Waals surface area contributed by atoms with Crippen molar-refractivity contribution in [3.8, 4) is 24.3 Å². The molecule has 0 N–H and O–H groups in total. The quantitative estimate of drug-likeness (QED) is 0.147. The third-order valence-corrected chi connectivity index (χ3v) is 7.91. The van der Waals surface area contributed by atoms with E-state index >= 15 is 17.6 Å². The van der Waals surface area contributed by atoms with Crippen molar-refractivity contribution in [1.82, 2.24) is 0 Å². The largest absolute Gasteiger partial charge is 0.422 e. The van der Waals surface area contributed by atoms with E-state index in [-0.39, 0.29) is 6.07 Å². The molecular weight excluding hydrogens is 751 g/mol. The molecule has 1 aliphatic rings. The van der Waals surface area contributed by atoms with Gasteiger partial charge in [0.25, 0.3) is 0 Å². The van der Waals surface area contributed by atoms with E-state index in [0.717, 1.165) is 18.2 Å². The summed E-state index contributed by atoms with van der Waals surface area (Å²) in [5.74, 6) is -34.6. The number of halogens is 17. The van der Waals surface area contributed by atoms with E-state index in [9.17, 15) is 72.9 Å². The molecule has 4 nitrogen and oxygen atoms in total. The lowest BCUT2D eigenvalue weighted by Gasteiger charge is -2.18. The van der Waals surface area contributed by atoms with Crippen LogP contribution in [0.3, 0.4) is 0 Å². The molecule has 0 amide bonds. The highest BCUT2D eigenvalue weighted by atomic mass is 19.4. The highest BCUT2D eigenvalue weighted by Crippen LogP contribution is 2.63. The molecule has 21 heteroatoms.